The lowest BCUT2D eigenvalue weighted by Gasteiger charge is -2.26. The molecule has 0 fully saturated rings. The van der Waals surface area contributed by atoms with Crippen LogP contribution in [0, 0.1) is 17.8 Å². The van der Waals surface area contributed by atoms with Gasteiger partial charge in [0.15, 0.2) is 0 Å². The number of carbonyl (C=O) groups excluding carboxylic acids is 3. The quantitative estimate of drug-likeness (QED) is 0.312. The van der Waals surface area contributed by atoms with Crippen molar-refractivity contribution in [3.05, 3.63) is 48.3 Å². The van der Waals surface area contributed by atoms with Crippen molar-refractivity contribution in [3.63, 3.8) is 0 Å². The normalized spacial score (nSPS) is 12.8. The van der Waals surface area contributed by atoms with E-state index < -0.39 is 29.6 Å². The Hall–Kier alpha value is -3.27. The third-order valence-corrected chi connectivity index (χ3v) is 4.92. The van der Waals surface area contributed by atoms with E-state index in [-0.39, 0.29) is 12.5 Å². The van der Waals surface area contributed by atoms with E-state index in [1.807, 2.05) is 44.2 Å². The van der Waals surface area contributed by atoms with Gasteiger partial charge in [0.05, 0.1) is 18.0 Å². The molecule has 2 aromatic rings. The molecular weight excluding hydrogens is 400 g/mol. The molecule has 4 N–H and O–H groups in total. The molecule has 0 aliphatic heterocycles. The zero-order chi connectivity index (χ0) is 22.6. The maximum atomic E-state index is 12.9. The molecule has 0 spiro atoms. The van der Waals surface area contributed by atoms with Gasteiger partial charge < -0.3 is 0 Å². The molecule has 31 heavy (non-hydrogen) atoms. The topological polar surface area (TPSA) is 138 Å². The number of aromatic nitrogens is 3. The van der Waals surface area contributed by atoms with Crippen molar-refractivity contribution < 1.29 is 19.6 Å². The molecule has 2 rings (SSSR count). The van der Waals surface area contributed by atoms with E-state index in [1.54, 1.807) is 5.48 Å². The average molecular weight is 431 g/mol. The van der Waals surface area contributed by atoms with Gasteiger partial charge in [-0.15, -0.1) is 5.10 Å². The number of nitrogens with zero attached hydrogens (tertiary/aromatic N) is 3. The minimum Gasteiger partial charge on any atom is -0.289 e. The lowest BCUT2D eigenvalue weighted by Crippen LogP contribution is -2.49. The summed E-state index contributed by atoms with van der Waals surface area (Å²) in [7, 11) is 0. The number of nitrogens with one attached hydrogen (secondary N) is 3. The molecule has 0 saturated heterocycles. The van der Waals surface area contributed by atoms with E-state index in [9.17, 15) is 19.6 Å². The maximum Gasteiger partial charge on any atom is 0.260 e. The van der Waals surface area contributed by atoms with Crippen molar-refractivity contribution in [1.82, 2.24) is 31.3 Å². The van der Waals surface area contributed by atoms with Gasteiger partial charge in [-0.05, 0) is 37.2 Å². The highest BCUT2D eigenvalue weighted by atomic mass is 16.5. The second kappa shape index (κ2) is 12.4. The van der Waals surface area contributed by atoms with Gasteiger partial charge in [-0.3, -0.25) is 30.4 Å². The van der Waals surface area contributed by atoms with Gasteiger partial charge in [0, 0.05) is 6.20 Å². The van der Waals surface area contributed by atoms with Gasteiger partial charge >= 0.3 is 0 Å². The lowest BCUT2D eigenvalue weighted by atomic mass is 9.81. The van der Waals surface area contributed by atoms with Crippen LogP contribution in [0.1, 0.15) is 38.7 Å². The number of amides is 3. The monoisotopic (exact) mass is 430 g/mol. The van der Waals surface area contributed by atoms with Gasteiger partial charge in [0.1, 0.15) is 6.54 Å². The van der Waals surface area contributed by atoms with Crippen molar-refractivity contribution in [3.8, 4) is 0 Å². The summed E-state index contributed by atoms with van der Waals surface area (Å²) in [6, 6.07) is 9.84. The lowest BCUT2D eigenvalue weighted by molar-refractivity contribution is -0.142. The molecule has 10 nitrogen and oxygen atoms in total. The van der Waals surface area contributed by atoms with Crippen LogP contribution in [0.15, 0.2) is 42.7 Å². The van der Waals surface area contributed by atoms with E-state index in [4.69, 9.17) is 0 Å². The Morgan fingerprint density at radius 3 is 2.42 bits per heavy atom. The second-order valence-electron chi connectivity index (χ2n) is 7.83. The van der Waals surface area contributed by atoms with Crippen LogP contribution in [0.3, 0.4) is 0 Å². The minimum atomic E-state index is -0.733. The van der Waals surface area contributed by atoms with Gasteiger partial charge in [0.25, 0.3) is 5.91 Å². The van der Waals surface area contributed by atoms with Crippen LogP contribution in [0.2, 0.25) is 0 Å². The first-order valence-corrected chi connectivity index (χ1v) is 10.3. The fraction of sp³-hybridized carbons (Fsp3) is 0.476. The summed E-state index contributed by atoms with van der Waals surface area (Å²) in [4.78, 5) is 37.3. The number of rotatable bonds is 11. The van der Waals surface area contributed by atoms with E-state index in [2.05, 4.69) is 21.2 Å². The van der Waals surface area contributed by atoms with Crippen LogP contribution in [-0.2, 0) is 27.3 Å². The van der Waals surface area contributed by atoms with Crippen molar-refractivity contribution in [2.24, 2.45) is 17.8 Å². The summed E-state index contributed by atoms with van der Waals surface area (Å²) in [5, 5.41) is 16.5. The fourth-order valence-electron chi connectivity index (χ4n) is 3.46. The highest BCUT2D eigenvalue weighted by molar-refractivity contribution is 5.88. The Morgan fingerprint density at radius 1 is 1.06 bits per heavy atom. The molecule has 0 radical (unpaired) electrons. The van der Waals surface area contributed by atoms with Crippen LogP contribution in [0.5, 0.6) is 0 Å². The van der Waals surface area contributed by atoms with Gasteiger partial charge in [-0.1, -0.05) is 49.4 Å². The maximum absolute atomic E-state index is 12.9. The smallest absolute Gasteiger partial charge is 0.260 e. The molecule has 1 aromatic heterocycles. The number of hydroxylamine groups is 1. The Kier molecular flexibility index (Phi) is 9.63. The Labute approximate surface area is 181 Å². The Morgan fingerprint density at radius 2 is 1.81 bits per heavy atom. The SMILES string of the molecule is CC(C)CC(C(=O)NNC(=O)Cn1ccnn1)[C@H](CCCc1ccccc1)C(=O)NO. The third kappa shape index (κ3) is 8.17. The van der Waals surface area contributed by atoms with Crippen LogP contribution in [0.25, 0.3) is 0 Å². The van der Waals surface area contributed by atoms with E-state index >= 15 is 0 Å². The number of hydrogen-bond acceptors (Lipinski definition) is 6. The summed E-state index contributed by atoms with van der Waals surface area (Å²) in [6.45, 7) is 3.79. The summed E-state index contributed by atoms with van der Waals surface area (Å²) in [6.07, 6.45) is 5.23. The van der Waals surface area contributed by atoms with Crippen molar-refractivity contribution in [2.75, 3.05) is 0 Å². The summed E-state index contributed by atoms with van der Waals surface area (Å²) in [5.74, 6) is -2.88. The number of hydrazine groups is 1. The molecule has 1 unspecified atom stereocenters. The number of carbonyl (C=O) groups is 3. The average Bonchev–Trinajstić information content (AvgIpc) is 3.26. The van der Waals surface area contributed by atoms with Crippen LogP contribution in [-0.4, -0.2) is 37.9 Å². The van der Waals surface area contributed by atoms with Gasteiger partial charge in [0.2, 0.25) is 11.8 Å². The minimum absolute atomic E-state index is 0.104. The van der Waals surface area contributed by atoms with Crippen molar-refractivity contribution in [2.45, 2.75) is 46.1 Å². The highest BCUT2D eigenvalue weighted by Crippen LogP contribution is 2.26. The predicted molar refractivity (Wildman–Crippen MR) is 112 cm³/mol. The van der Waals surface area contributed by atoms with Crippen LogP contribution >= 0.6 is 0 Å². The standard InChI is InChI=1S/C21H30N6O4/c1-15(2)13-18(20(29)24-23-19(28)14-27-12-11-22-26-27)17(21(30)25-31)10-6-9-16-7-4-3-5-8-16/h3-5,7-8,11-12,15,17-18,31H,6,9-10,13-14H2,1-2H3,(H,23,28)(H,24,29)(H,25,30)/t17-,18?/m0/s1. The Bertz CT molecular complexity index is 826. The molecule has 2 atom stereocenters. The van der Waals surface area contributed by atoms with E-state index in [0.29, 0.717) is 19.3 Å². The zero-order valence-electron chi connectivity index (χ0n) is 17.8. The molecule has 0 aliphatic carbocycles. The third-order valence-electron chi connectivity index (χ3n) is 4.92. The largest absolute Gasteiger partial charge is 0.289 e. The fourth-order valence-corrected chi connectivity index (χ4v) is 3.46. The first-order valence-electron chi connectivity index (χ1n) is 10.3. The summed E-state index contributed by atoms with van der Waals surface area (Å²) >= 11 is 0. The molecule has 1 aromatic carbocycles. The molecule has 3 amide bonds. The van der Waals surface area contributed by atoms with Crippen molar-refractivity contribution >= 4 is 17.7 Å². The number of aryl methyl sites for hydroxylation is 1. The van der Waals surface area contributed by atoms with E-state index in [1.165, 1.54) is 17.1 Å². The Balaban J connectivity index is 2.00. The van der Waals surface area contributed by atoms with E-state index in [0.717, 1.165) is 12.0 Å². The molecule has 0 saturated carbocycles. The summed E-state index contributed by atoms with van der Waals surface area (Å²) < 4.78 is 1.32. The zero-order valence-corrected chi connectivity index (χ0v) is 17.8. The van der Waals surface area contributed by atoms with Crippen LogP contribution in [0.4, 0.5) is 0 Å². The molecule has 0 aliphatic rings. The molecular formula is C21H30N6O4. The number of benzene rings is 1. The second-order valence-corrected chi connectivity index (χ2v) is 7.83. The molecule has 10 heteroatoms. The molecule has 1 heterocycles. The summed E-state index contributed by atoms with van der Waals surface area (Å²) in [5.41, 5.74) is 7.58. The molecule has 0 bridgehead atoms. The molecule has 168 valence electrons. The highest BCUT2D eigenvalue weighted by Gasteiger charge is 2.34. The number of hydrogen-bond donors (Lipinski definition) is 4. The first-order chi connectivity index (χ1) is 14.9. The van der Waals surface area contributed by atoms with Gasteiger partial charge in [-0.25, -0.2) is 10.2 Å². The first kappa shape index (κ1) is 24.0. The van der Waals surface area contributed by atoms with Crippen molar-refractivity contribution in [1.29, 1.82) is 0 Å². The predicted octanol–water partition coefficient (Wildman–Crippen LogP) is 1.23. The van der Waals surface area contributed by atoms with Crippen LogP contribution < -0.4 is 16.3 Å². The van der Waals surface area contributed by atoms with Gasteiger partial charge in [-0.2, -0.15) is 0 Å².